The van der Waals surface area contributed by atoms with Gasteiger partial charge < -0.3 is 15.8 Å². The maximum absolute atomic E-state index is 5.67. The highest BCUT2D eigenvalue weighted by molar-refractivity contribution is 5.53. The first-order valence-electron chi connectivity index (χ1n) is 5.85. The molecule has 1 aromatic rings. The van der Waals surface area contributed by atoms with Gasteiger partial charge in [-0.25, -0.2) is 0 Å². The predicted octanol–water partition coefficient (Wildman–Crippen LogP) is 2.74. The molecule has 0 unspecified atom stereocenters. The molecule has 3 nitrogen and oxygen atoms in total. The van der Waals surface area contributed by atoms with Gasteiger partial charge in [0.25, 0.3) is 0 Å². The van der Waals surface area contributed by atoms with Crippen LogP contribution in [0.5, 0.6) is 0 Å². The van der Waals surface area contributed by atoms with Gasteiger partial charge >= 0.3 is 0 Å². The number of nitrogens with one attached hydrogen (secondary N) is 1. The fourth-order valence-electron chi connectivity index (χ4n) is 1.34. The smallest absolute Gasteiger partial charge is 0.0639 e. The summed E-state index contributed by atoms with van der Waals surface area (Å²) in [7, 11) is 0. The molecule has 3 N–H and O–H groups in total. The van der Waals surface area contributed by atoms with Crippen molar-refractivity contribution in [2.45, 2.75) is 20.3 Å². The average Bonchev–Trinajstić information content (AvgIpc) is 2.23. The molecule has 0 spiro atoms. The van der Waals surface area contributed by atoms with Crippen molar-refractivity contribution in [3.8, 4) is 0 Å². The number of benzene rings is 1. The standard InChI is InChI=1S/C13H22N2O/c1-11(2)6-8-16-9-7-15-13-5-3-4-12(14)10-13/h3-5,10-11,15H,6-9,14H2,1-2H3. The van der Waals surface area contributed by atoms with E-state index in [0.717, 1.165) is 37.6 Å². The largest absolute Gasteiger partial charge is 0.399 e. The molecular weight excluding hydrogens is 200 g/mol. The van der Waals surface area contributed by atoms with Crippen LogP contribution in [0.25, 0.3) is 0 Å². The topological polar surface area (TPSA) is 47.3 Å². The second-order valence-electron chi connectivity index (χ2n) is 4.35. The summed E-state index contributed by atoms with van der Waals surface area (Å²) in [6.07, 6.45) is 1.12. The van der Waals surface area contributed by atoms with E-state index < -0.39 is 0 Å². The van der Waals surface area contributed by atoms with E-state index in [1.165, 1.54) is 0 Å². The molecule has 0 fully saturated rings. The van der Waals surface area contributed by atoms with Crippen LogP contribution in [0.3, 0.4) is 0 Å². The highest BCUT2D eigenvalue weighted by Crippen LogP contribution is 2.10. The normalized spacial score (nSPS) is 10.7. The molecule has 0 heterocycles. The predicted molar refractivity (Wildman–Crippen MR) is 69.6 cm³/mol. The molecule has 0 atom stereocenters. The molecule has 0 amide bonds. The monoisotopic (exact) mass is 222 g/mol. The number of hydrogen-bond donors (Lipinski definition) is 2. The molecular formula is C13H22N2O. The van der Waals surface area contributed by atoms with Crippen molar-refractivity contribution in [1.82, 2.24) is 0 Å². The van der Waals surface area contributed by atoms with E-state index in [2.05, 4.69) is 19.2 Å². The third kappa shape index (κ3) is 5.61. The summed E-state index contributed by atoms with van der Waals surface area (Å²) in [5.41, 5.74) is 7.50. The zero-order valence-corrected chi connectivity index (χ0v) is 10.2. The van der Waals surface area contributed by atoms with Crippen molar-refractivity contribution in [2.24, 2.45) is 5.92 Å². The molecule has 1 aromatic carbocycles. The van der Waals surface area contributed by atoms with Crippen molar-refractivity contribution < 1.29 is 4.74 Å². The summed E-state index contributed by atoms with van der Waals surface area (Å²) in [4.78, 5) is 0. The van der Waals surface area contributed by atoms with Gasteiger partial charge in [0, 0.05) is 24.5 Å². The van der Waals surface area contributed by atoms with Crippen LogP contribution in [-0.4, -0.2) is 19.8 Å². The van der Waals surface area contributed by atoms with Crippen LogP contribution in [0, 0.1) is 5.92 Å². The first kappa shape index (κ1) is 12.8. The number of hydrogen-bond acceptors (Lipinski definition) is 3. The second-order valence-corrected chi connectivity index (χ2v) is 4.35. The summed E-state index contributed by atoms with van der Waals surface area (Å²) in [6.45, 7) is 6.81. The van der Waals surface area contributed by atoms with E-state index in [0.29, 0.717) is 5.92 Å². The molecule has 0 saturated carbocycles. The van der Waals surface area contributed by atoms with E-state index >= 15 is 0 Å². The van der Waals surface area contributed by atoms with Gasteiger partial charge in [-0.15, -0.1) is 0 Å². The molecule has 16 heavy (non-hydrogen) atoms. The summed E-state index contributed by atoms with van der Waals surface area (Å²) < 4.78 is 5.50. The number of nitrogens with two attached hydrogens (primary N) is 1. The van der Waals surface area contributed by atoms with Gasteiger partial charge in [-0.3, -0.25) is 0 Å². The summed E-state index contributed by atoms with van der Waals surface area (Å²) in [5, 5.41) is 3.27. The molecule has 0 saturated heterocycles. The Kier molecular flexibility index (Phi) is 5.72. The summed E-state index contributed by atoms with van der Waals surface area (Å²) in [6, 6.07) is 7.75. The minimum atomic E-state index is 0.710. The highest BCUT2D eigenvalue weighted by atomic mass is 16.5. The van der Waals surface area contributed by atoms with Gasteiger partial charge in [-0.05, 0) is 30.5 Å². The van der Waals surface area contributed by atoms with Crippen molar-refractivity contribution in [2.75, 3.05) is 30.8 Å². The van der Waals surface area contributed by atoms with Crippen molar-refractivity contribution in [3.63, 3.8) is 0 Å². The Morgan fingerprint density at radius 2 is 2.12 bits per heavy atom. The molecule has 0 bridgehead atoms. The maximum Gasteiger partial charge on any atom is 0.0639 e. The van der Waals surface area contributed by atoms with Gasteiger partial charge in [-0.2, -0.15) is 0 Å². The Balaban J connectivity index is 2.07. The van der Waals surface area contributed by atoms with E-state index in [1.54, 1.807) is 0 Å². The lowest BCUT2D eigenvalue weighted by atomic mass is 10.1. The molecule has 0 aliphatic carbocycles. The quantitative estimate of drug-likeness (QED) is 0.551. The molecule has 0 aliphatic rings. The minimum absolute atomic E-state index is 0.710. The SMILES string of the molecule is CC(C)CCOCCNc1cccc(N)c1. The van der Waals surface area contributed by atoms with Crippen LogP contribution in [0.4, 0.5) is 11.4 Å². The van der Waals surface area contributed by atoms with Crippen molar-refractivity contribution >= 4 is 11.4 Å². The van der Waals surface area contributed by atoms with Gasteiger partial charge in [-0.1, -0.05) is 19.9 Å². The van der Waals surface area contributed by atoms with Crippen LogP contribution < -0.4 is 11.1 Å². The van der Waals surface area contributed by atoms with Gasteiger partial charge in [0.05, 0.1) is 6.61 Å². The Bertz CT molecular complexity index is 300. The number of ether oxygens (including phenoxy) is 1. The Morgan fingerprint density at radius 1 is 1.31 bits per heavy atom. The van der Waals surface area contributed by atoms with Crippen molar-refractivity contribution in [3.05, 3.63) is 24.3 Å². The Labute approximate surface area is 98.0 Å². The molecule has 0 aliphatic heterocycles. The number of nitrogen functional groups attached to an aromatic ring is 1. The van der Waals surface area contributed by atoms with Crippen LogP contribution >= 0.6 is 0 Å². The fourth-order valence-corrected chi connectivity index (χ4v) is 1.34. The van der Waals surface area contributed by atoms with E-state index in [-0.39, 0.29) is 0 Å². The molecule has 0 radical (unpaired) electrons. The second kappa shape index (κ2) is 7.12. The summed E-state index contributed by atoms with van der Waals surface area (Å²) in [5.74, 6) is 0.710. The molecule has 1 rings (SSSR count). The molecule has 0 aromatic heterocycles. The lowest BCUT2D eigenvalue weighted by molar-refractivity contribution is 0.132. The maximum atomic E-state index is 5.67. The molecule has 3 heteroatoms. The third-order valence-corrected chi connectivity index (χ3v) is 2.30. The van der Waals surface area contributed by atoms with Crippen LogP contribution in [0.1, 0.15) is 20.3 Å². The summed E-state index contributed by atoms with van der Waals surface area (Å²) >= 11 is 0. The van der Waals surface area contributed by atoms with Gasteiger partial charge in [0.1, 0.15) is 0 Å². The van der Waals surface area contributed by atoms with E-state index in [9.17, 15) is 0 Å². The zero-order valence-electron chi connectivity index (χ0n) is 10.2. The Morgan fingerprint density at radius 3 is 2.81 bits per heavy atom. The average molecular weight is 222 g/mol. The number of rotatable bonds is 7. The van der Waals surface area contributed by atoms with Crippen LogP contribution in [0.2, 0.25) is 0 Å². The van der Waals surface area contributed by atoms with Crippen molar-refractivity contribution in [1.29, 1.82) is 0 Å². The van der Waals surface area contributed by atoms with Gasteiger partial charge in [0.2, 0.25) is 0 Å². The Hall–Kier alpha value is -1.22. The van der Waals surface area contributed by atoms with E-state index in [4.69, 9.17) is 10.5 Å². The minimum Gasteiger partial charge on any atom is -0.399 e. The first-order chi connectivity index (χ1) is 7.68. The van der Waals surface area contributed by atoms with Crippen LogP contribution in [0.15, 0.2) is 24.3 Å². The first-order valence-corrected chi connectivity index (χ1v) is 5.85. The van der Waals surface area contributed by atoms with Gasteiger partial charge in [0.15, 0.2) is 0 Å². The highest BCUT2D eigenvalue weighted by Gasteiger charge is 1.95. The van der Waals surface area contributed by atoms with Crippen LogP contribution in [-0.2, 0) is 4.74 Å². The fraction of sp³-hybridized carbons (Fsp3) is 0.538. The lowest BCUT2D eigenvalue weighted by Gasteiger charge is -2.08. The number of anilines is 2. The molecule has 90 valence electrons. The van der Waals surface area contributed by atoms with E-state index in [1.807, 2.05) is 24.3 Å². The zero-order chi connectivity index (χ0) is 11.8. The lowest BCUT2D eigenvalue weighted by Crippen LogP contribution is -2.10. The third-order valence-electron chi connectivity index (χ3n) is 2.30.